The van der Waals surface area contributed by atoms with Gasteiger partial charge in [0.15, 0.2) is 18.1 Å². The zero-order valence-electron chi connectivity index (χ0n) is 32.5. The molecule has 1 fully saturated rings. The molecule has 51 heavy (non-hydrogen) atoms. The zero-order valence-corrected chi connectivity index (χ0v) is 32.5. The van der Waals surface area contributed by atoms with Crippen LogP contribution in [-0.2, 0) is 5.41 Å². The van der Waals surface area contributed by atoms with Crippen LogP contribution in [0.2, 0.25) is 0 Å². The fraction of sp³-hybridized carbons (Fsp3) is 0.383. The summed E-state index contributed by atoms with van der Waals surface area (Å²) in [6.45, 7) is 22.5. The summed E-state index contributed by atoms with van der Waals surface area (Å²) in [5.41, 5.74) is 15.3. The van der Waals surface area contributed by atoms with E-state index in [1.54, 1.807) is 0 Å². The predicted molar refractivity (Wildman–Crippen MR) is 213 cm³/mol. The summed E-state index contributed by atoms with van der Waals surface area (Å²) < 4.78 is 7.22. The maximum Gasteiger partial charge on any atom is 0.294 e. The Morgan fingerprint density at radius 3 is 2.06 bits per heavy atom. The van der Waals surface area contributed by atoms with E-state index in [0.29, 0.717) is 18.0 Å². The van der Waals surface area contributed by atoms with Crippen molar-refractivity contribution in [1.82, 2.24) is 9.05 Å². The number of aromatic nitrogens is 2. The first kappa shape index (κ1) is 33.9. The van der Waals surface area contributed by atoms with Crippen molar-refractivity contribution in [2.24, 2.45) is 0 Å². The van der Waals surface area contributed by atoms with Crippen molar-refractivity contribution in [3.63, 3.8) is 0 Å². The van der Waals surface area contributed by atoms with Gasteiger partial charge >= 0.3 is 0 Å². The molecule has 0 radical (unpaired) electrons. The summed E-state index contributed by atoms with van der Waals surface area (Å²) in [5, 5.41) is 0. The van der Waals surface area contributed by atoms with Gasteiger partial charge in [-0.1, -0.05) is 96.1 Å². The van der Waals surface area contributed by atoms with Crippen LogP contribution in [0.25, 0.3) is 28.2 Å². The molecule has 4 unspecified atom stereocenters. The molecule has 4 heteroatoms. The van der Waals surface area contributed by atoms with Crippen LogP contribution in [0.5, 0.6) is 0 Å². The van der Waals surface area contributed by atoms with Crippen LogP contribution in [0, 0.1) is 13.8 Å². The van der Waals surface area contributed by atoms with E-state index in [1.165, 1.54) is 67.3 Å². The zero-order chi connectivity index (χ0) is 36.0. The van der Waals surface area contributed by atoms with Gasteiger partial charge in [-0.05, 0) is 84.5 Å². The summed E-state index contributed by atoms with van der Waals surface area (Å²) in [7, 11) is 2.39. The average molecular weight is 678 g/mol. The minimum absolute atomic E-state index is 0.0673. The van der Waals surface area contributed by atoms with Gasteiger partial charge in [-0.15, -0.1) is 0 Å². The molecule has 1 saturated heterocycles. The van der Waals surface area contributed by atoms with E-state index >= 15 is 0 Å². The number of hydrogen-bond acceptors (Lipinski definition) is 0. The topological polar surface area (TPSA) is 8.81 Å². The highest BCUT2D eigenvalue weighted by Crippen LogP contribution is 2.56. The number of fused-ring (bicyclic) bond motifs is 3. The monoisotopic (exact) mass is 677 g/mol. The molecule has 4 atom stereocenters. The number of nitrogens with zero attached hydrogens (tertiary/aromatic N) is 4. The first-order valence-corrected chi connectivity index (χ1v) is 19.4. The number of hydrogen-bond donors (Lipinski definition) is 0. The van der Waals surface area contributed by atoms with E-state index in [0.717, 1.165) is 28.5 Å². The summed E-state index contributed by atoms with van der Waals surface area (Å²) in [4.78, 5) is 0. The van der Waals surface area contributed by atoms with Crippen molar-refractivity contribution >= 4 is 5.69 Å². The summed E-state index contributed by atoms with van der Waals surface area (Å²) in [5.74, 6) is 2.01. The van der Waals surface area contributed by atoms with Crippen LogP contribution in [0.4, 0.5) is 5.69 Å². The standard InChI is InChI=1S/C47H57N4/c1-11-47(12-2)41-21-17-16-20-38(41)46-48(44-39(31(3)4)28-37(29-40(44)32(5)6)36-18-14-13-15-19-36)22-23-49(46)45(47)43-34(8)26-33(7)27-42(43)51-25-24-50(10,30-51)35(51)9/h13-29,31-32,35,45H,11-12,30H2,1-10H3/q+3. The molecule has 0 N–H and O–H groups in total. The van der Waals surface area contributed by atoms with Gasteiger partial charge in [-0.2, -0.15) is 13.5 Å². The fourth-order valence-electron chi connectivity index (χ4n) is 10.4. The van der Waals surface area contributed by atoms with Gasteiger partial charge in [0.1, 0.15) is 24.1 Å². The van der Waals surface area contributed by atoms with Crippen molar-refractivity contribution in [2.45, 2.75) is 105 Å². The maximum absolute atomic E-state index is 2.70. The SMILES string of the molecule is CCC1(CC)c2ccccc2-c2n(-c3c(C(C)C)cc(-c4ccccc4)cc3C(C)C)cc[n+]2C1c1c(C)cc(C)cc1[N+]12C=C[N+](C)(C1)C2C. The number of imidazole rings is 1. The second-order valence-electron chi connectivity index (χ2n) is 16.8. The Hall–Kier alpha value is -4.25. The second-order valence-corrected chi connectivity index (χ2v) is 16.8. The molecule has 0 saturated carbocycles. The fourth-order valence-corrected chi connectivity index (χ4v) is 10.4. The predicted octanol–water partition coefficient (Wildman–Crippen LogP) is 11.2. The Balaban J connectivity index is 1.45. The Morgan fingerprint density at radius 2 is 1.47 bits per heavy atom. The van der Waals surface area contributed by atoms with Gasteiger partial charge in [0.25, 0.3) is 5.82 Å². The van der Waals surface area contributed by atoms with Crippen LogP contribution in [0.1, 0.15) is 113 Å². The molecule has 1 aromatic heterocycles. The average Bonchev–Trinajstić information content (AvgIpc) is 3.80. The van der Waals surface area contributed by atoms with Crippen LogP contribution >= 0.6 is 0 Å². The van der Waals surface area contributed by atoms with Gasteiger partial charge in [-0.25, -0.2) is 4.57 Å². The van der Waals surface area contributed by atoms with Gasteiger partial charge < -0.3 is 0 Å². The highest BCUT2D eigenvalue weighted by atomic mass is 15.7. The molecule has 5 heterocycles. The largest absolute Gasteiger partial charge is 0.294 e. The maximum atomic E-state index is 2.70. The van der Waals surface area contributed by atoms with Crippen molar-refractivity contribution in [3.8, 4) is 28.2 Å². The quantitative estimate of drug-likeness (QED) is 0.114. The van der Waals surface area contributed by atoms with Crippen LogP contribution < -0.4 is 9.05 Å². The van der Waals surface area contributed by atoms with E-state index in [1.807, 2.05) is 0 Å². The van der Waals surface area contributed by atoms with Gasteiger partial charge in [0.2, 0.25) is 12.8 Å². The normalized spacial score (nSPS) is 24.2. The number of rotatable bonds is 8. The van der Waals surface area contributed by atoms with Crippen LogP contribution in [-0.4, -0.2) is 28.9 Å². The molecule has 9 rings (SSSR count). The molecule has 0 amide bonds. The van der Waals surface area contributed by atoms with Crippen molar-refractivity contribution in [1.29, 1.82) is 0 Å². The van der Waals surface area contributed by atoms with Gasteiger partial charge in [0.05, 0.1) is 18.2 Å². The smallest absolute Gasteiger partial charge is 0.222 e. The third-order valence-corrected chi connectivity index (χ3v) is 13.3. The Bertz CT molecular complexity index is 2150. The minimum atomic E-state index is -0.0673. The van der Waals surface area contributed by atoms with Crippen molar-refractivity contribution in [2.75, 3.05) is 13.7 Å². The Labute approximate surface area is 306 Å². The van der Waals surface area contributed by atoms with E-state index < -0.39 is 0 Å². The first-order valence-electron chi connectivity index (χ1n) is 19.4. The molecule has 0 spiro atoms. The van der Waals surface area contributed by atoms with Gasteiger partial charge in [-0.3, -0.25) is 0 Å². The van der Waals surface area contributed by atoms with Gasteiger partial charge in [0, 0.05) is 29.5 Å². The molecule has 4 aliphatic rings. The molecule has 0 aliphatic carbocycles. The molecule has 2 bridgehead atoms. The lowest BCUT2D eigenvalue weighted by atomic mass is 9.64. The summed E-state index contributed by atoms with van der Waals surface area (Å²) in [6, 6.07) is 30.3. The van der Waals surface area contributed by atoms with E-state index in [-0.39, 0.29) is 11.5 Å². The van der Waals surface area contributed by atoms with Crippen LogP contribution in [0.15, 0.2) is 104 Å². The third kappa shape index (κ3) is 4.68. The number of quaternary nitrogens is 2. The molecule has 4 aromatic carbocycles. The molecular formula is C47H57N4+3. The highest BCUT2D eigenvalue weighted by Gasteiger charge is 2.68. The molecule has 262 valence electrons. The molecule has 5 aromatic rings. The second kappa shape index (κ2) is 11.9. The van der Waals surface area contributed by atoms with E-state index in [9.17, 15) is 0 Å². The van der Waals surface area contributed by atoms with E-state index in [2.05, 4.69) is 182 Å². The van der Waals surface area contributed by atoms with E-state index in [4.69, 9.17) is 0 Å². The number of aryl methyl sites for hydroxylation is 2. The Morgan fingerprint density at radius 1 is 0.824 bits per heavy atom. The van der Waals surface area contributed by atoms with Crippen molar-refractivity contribution in [3.05, 3.63) is 137 Å². The first-order chi connectivity index (χ1) is 24.4. The third-order valence-electron chi connectivity index (χ3n) is 13.3. The molecule has 4 nitrogen and oxygen atoms in total. The molecular weight excluding hydrogens is 621 g/mol. The lowest BCUT2D eigenvalue weighted by Gasteiger charge is -2.52. The summed E-state index contributed by atoms with van der Waals surface area (Å²) >= 11 is 0. The number of benzene rings is 4. The summed E-state index contributed by atoms with van der Waals surface area (Å²) in [6.07, 6.45) is 12.4. The minimum Gasteiger partial charge on any atom is -0.222 e. The highest BCUT2D eigenvalue weighted by molar-refractivity contribution is 5.73. The van der Waals surface area contributed by atoms with Crippen molar-refractivity contribution < 1.29 is 9.05 Å². The Kier molecular flexibility index (Phi) is 7.90. The lowest BCUT2D eigenvalue weighted by Crippen LogP contribution is -2.76. The van der Waals surface area contributed by atoms with Crippen LogP contribution in [0.3, 0.4) is 0 Å². The molecule has 4 aliphatic heterocycles. The lowest BCUT2D eigenvalue weighted by molar-refractivity contribution is -0.941.